The molecule has 0 radical (unpaired) electrons. The largest absolute Gasteiger partial charge is 0.573 e. The second-order valence-electron chi connectivity index (χ2n) is 6.06. The molecule has 1 aromatic heterocycles. The van der Waals surface area contributed by atoms with E-state index in [2.05, 4.69) is 20.3 Å². The number of nitrogens with one attached hydrogen (secondary N) is 1. The highest BCUT2D eigenvalue weighted by Crippen LogP contribution is 2.27. The lowest BCUT2D eigenvalue weighted by molar-refractivity contribution is -0.274. The van der Waals surface area contributed by atoms with E-state index in [1.54, 1.807) is 12.1 Å². The summed E-state index contributed by atoms with van der Waals surface area (Å²) >= 11 is 5.81. The van der Waals surface area contributed by atoms with Gasteiger partial charge in [0.1, 0.15) is 11.8 Å². The molecule has 0 saturated heterocycles. The van der Waals surface area contributed by atoms with Crippen molar-refractivity contribution in [1.82, 2.24) is 15.5 Å². The third-order valence-corrected chi connectivity index (χ3v) is 4.16. The van der Waals surface area contributed by atoms with Crippen LogP contribution >= 0.6 is 11.6 Å². The molecule has 3 rings (SSSR count). The first-order chi connectivity index (χ1) is 14.2. The van der Waals surface area contributed by atoms with E-state index in [1.807, 2.05) is 0 Å². The Hall–Kier alpha value is -3.11. The fourth-order valence-electron chi connectivity index (χ4n) is 2.52. The molecule has 2 aromatic carbocycles. The molecular weight excluding hydrogens is 427 g/mol. The van der Waals surface area contributed by atoms with E-state index in [0.29, 0.717) is 16.1 Å². The number of amides is 1. The first kappa shape index (κ1) is 21.6. The van der Waals surface area contributed by atoms with Crippen LogP contribution in [-0.2, 0) is 0 Å². The second-order valence-corrected chi connectivity index (χ2v) is 6.50. The number of carbonyl (C=O) groups excluding carboxylic acids is 1. The fourth-order valence-corrected chi connectivity index (χ4v) is 2.65. The number of halogens is 4. The summed E-state index contributed by atoms with van der Waals surface area (Å²) in [5.74, 6) is -0.748. The van der Waals surface area contributed by atoms with Gasteiger partial charge in [0.2, 0.25) is 11.8 Å². The number of ether oxygens (including phenoxy) is 1. The van der Waals surface area contributed by atoms with Gasteiger partial charge in [-0.05, 0) is 55.0 Å². The van der Waals surface area contributed by atoms with E-state index in [-0.39, 0.29) is 30.6 Å². The molecule has 2 N–H and O–H groups in total. The Morgan fingerprint density at radius 1 is 1.13 bits per heavy atom. The maximum absolute atomic E-state index is 12.4. The fraction of sp³-hybridized carbons (Fsp3) is 0.211. The van der Waals surface area contributed by atoms with Crippen LogP contribution < -0.4 is 10.1 Å². The van der Waals surface area contributed by atoms with Gasteiger partial charge in [-0.1, -0.05) is 11.6 Å². The first-order valence-electron chi connectivity index (χ1n) is 8.62. The Balaban J connectivity index is 1.74. The molecule has 0 aliphatic heterocycles. The van der Waals surface area contributed by atoms with E-state index in [1.165, 1.54) is 24.3 Å². The Labute approximate surface area is 173 Å². The second kappa shape index (κ2) is 9.14. The van der Waals surface area contributed by atoms with Crippen molar-refractivity contribution in [2.75, 3.05) is 6.61 Å². The molecule has 0 saturated carbocycles. The molecule has 3 aromatic rings. The molecule has 0 fully saturated rings. The third-order valence-electron chi connectivity index (χ3n) is 3.90. The Bertz CT molecular complexity index is 992. The van der Waals surface area contributed by atoms with Crippen molar-refractivity contribution in [3.8, 4) is 17.2 Å². The van der Waals surface area contributed by atoms with Gasteiger partial charge in [-0.25, -0.2) is 0 Å². The van der Waals surface area contributed by atoms with E-state index in [0.717, 1.165) is 12.1 Å². The van der Waals surface area contributed by atoms with Crippen LogP contribution in [0.15, 0.2) is 52.9 Å². The average molecular weight is 442 g/mol. The minimum Gasteiger partial charge on any atom is -0.418 e. The minimum atomic E-state index is -4.79. The van der Waals surface area contributed by atoms with Gasteiger partial charge in [0.15, 0.2) is 0 Å². The molecule has 0 spiro atoms. The summed E-state index contributed by atoms with van der Waals surface area (Å²) in [6, 6.07) is 10.3. The summed E-state index contributed by atoms with van der Waals surface area (Å²) in [6.07, 6.45) is -4.68. The van der Waals surface area contributed by atoms with Crippen molar-refractivity contribution in [2.45, 2.75) is 18.8 Å². The Morgan fingerprint density at radius 3 is 2.40 bits per heavy atom. The van der Waals surface area contributed by atoms with Gasteiger partial charge in [-0.15, -0.1) is 23.4 Å². The number of hydrogen-bond donors (Lipinski definition) is 2. The number of benzene rings is 2. The molecule has 0 aliphatic rings. The highest BCUT2D eigenvalue weighted by atomic mass is 35.5. The van der Waals surface area contributed by atoms with Gasteiger partial charge in [0.05, 0.1) is 0 Å². The van der Waals surface area contributed by atoms with Gasteiger partial charge < -0.3 is 19.6 Å². The molecule has 1 amide bonds. The molecule has 7 nitrogen and oxygen atoms in total. The summed E-state index contributed by atoms with van der Waals surface area (Å²) < 4.78 is 46.1. The zero-order valence-electron chi connectivity index (χ0n) is 15.2. The molecule has 158 valence electrons. The molecule has 1 atom stereocenters. The number of alkyl halides is 3. The van der Waals surface area contributed by atoms with Crippen LogP contribution in [-0.4, -0.2) is 34.2 Å². The molecule has 11 heteroatoms. The molecule has 0 bridgehead atoms. The number of rotatable bonds is 7. The number of carbonyl (C=O) groups is 1. The SMILES string of the molecule is O=C(N[C@@H](CCO)c1nnc(-c2ccc(OC(F)(F)F)cc2)o1)c1ccc(Cl)cc1. The van der Waals surface area contributed by atoms with Crippen LogP contribution in [0.4, 0.5) is 13.2 Å². The molecule has 30 heavy (non-hydrogen) atoms. The number of nitrogens with zero attached hydrogens (tertiary/aromatic N) is 2. The Kier molecular flexibility index (Phi) is 6.58. The van der Waals surface area contributed by atoms with Crippen LogP contribution in [0.2, 0.25) is 5.02 Å². The smallest absolute Gasteiger partial charge is 0.418 e. The van der Waals surface area contributed by atoms with Gasteiger partial charge in [-0.2, -0.15) is 0 Å². The van der Waals surface area contributed by atoms with Gasteiger partial charge in [0.25, 0.3) is 5.91 Å². The monoisotopic (exact) mass is 441 g/mol. The molecular formula is C19H15ClF3N3O4. The van der Waals surface area contributed by atoms with Crippen molar-refractivity contribution >= 4 is 17.5 Å². The number of aromatic nitrogens is 2. The van der Waals surface area contributed by atoms with Crippen LogP contribution in [0.1, 0.15) is 28.7 Å². The quantitative estimate of drug-likeness (QED) is 0.572. The number of aliphatic hydroxyl groups is 1. The van der Waals surface area contributed by atoms with Crippen LogP contribution in [0.3, 0.4) is 0 Å². The highest BCUT2D eigenvalue weighted by molar-refractivity contribution is 6.30. The maximum atomic E-state index is 12.4. The summed E-state index contributed by atoms with van der Waals surface area (Å²) in [5.41, 5.74) is 0.706. The van der Waals surface area contributed by atoms with Crippen LogP contribution in [0.25, 0.3) is 11.5 Å². The van der Waals surface area contributed by atoms with E-state index >= 15 is 0 Å². The zero-order valence-corrected chi connectivity index (χ0v) is 15.9. The van der Waals surface area contributed by atoms with E-state index < -0.39 is 18.3 Å². The van der Waals surface area contributed by atoms with E-state index in [9.17, 15) is 23.1 Å². The van der Waals surface area contributed by atoms with Crippen molar-refractivity contribution < 1.29 is 32.2 Å². The van der Waals surface area contributed by atoms with Crippen molar-refractivity contribution in [1.29, 1.82) is 0 Å². The van der Waals surface area contributed by atoms with Crippen molar-refractivity contribution in [2.24, 2.45) is 0 Å². The molecule has 0 aliphatic carbocycles. The molecule has 1 heterocycles. The molecule has 0 unspecified atom stereocenters. The number of aliphatic hydroxyl groups excluding tert-OH is 1. The summed E-state index contributed by atoms with van der Waals surface area (Å²) in [4.78, 5) is 12.4. The summed E-state index contributed by atoms with van der Waals surface area (Å²) in [6.45, 7) is -0.257. The minimum absolute atomic E-state index is 0.0345. The first-order valence-corrected chi connectivity index (χ1v) is 9.00. The maximum Gasteiger partial charge on any atom is 0.573 e. The van der Waals surface area contributed by atoms with Gasteiger partial charge >= 0.3 is 6.36 Å². The lowest BCUT2D eigenvalue weighted by atomic mass is 10.1. The third kappa shape index (κ3) is 5.71. The Morgan fingerprint density at radius 2 is 1.80 bits per heavy atom. The van der Waals surface area contributed by atoms with Crippen LogP contribution in [0.5, 0.6) is 5.75 Å². The number of hydrogen-bond acceptors (Lipinski definition) is 6. The average Bonchev–Trinajstić information content (AvgIpc) is 3.17. The predicted octanol–water partition coefficient (Wildman–Crippen LogP) is 4.14. The standard InChI is InChI=1S/C19H15ClF3N3O4/c20-13-5-1-11(2-6-13)16(28)24-15(9-10-27)18-26-25-17(29-18)12-3-7-14(8-4-12)30-19(21,22)23/h1-8,15,27H,9-10H2,(H,24,28)/t15-/m0/s1. The normalized spacial score (nSPS) is 12.4. The topological polar surface area (TPSA) is 97.5 Å². The summed E-state index contributed by atoms with van der Waals surface area (Å²) in [5, 5.41) is 20.2. The summed E-state index contributed by atoms with van der Waals surface area (Å²) in [7, 11) is 0. The zero-order chi connectivity index (χ0) is 21.7. The predicted molar refractivity (Wildman–Crippen MR) is 99.8 cm³/mol. The van der Waals surface area contributed by atoms with Crippen molar-refractivity contribution in [3.63, 3.8) is 0 Å². The van der Waals surface area contributed by atoms with Crippen LogP contribution in [0, 0.1) is 0 Å². The lowest BCUT2D eigenvalue weighted by Crippen LogP contribution is -2.29. The van der Waals surface area contributed by atoms with Gasteiger partial charge in [-0.3, -0.25) is 4.79 Å². The van der Waals surface area contributed by atoms with Gasteiger partial charge in [0, 0.05) is 22.8 Å². The van der Waals surface area contributed by atoms with E-state index in [4.69, 9.17) is 16.0 Å². The van der Waals surface area contributed by atoms with Crippen molar-refractivity contribution in [3.05, 3.63) is 65.0 Å². The highest BCUT2D eigenvalue weighted by Gasteiger charge is 2.31. The lowest BCUT2D eigenvalue weighted by Gasteiger charge is -2.14.